The van der Waals surface area contributed by atoms with Gasteiger partial charge < -0.3 is 5.43 Å². The summed E-state index contributed by atoms with van der Waals surface area (Å²) in [6.07, 6.45) is 6.35. The average Bonchev–Trinajstić information content (AvgIpc) is 2.04. The molecule has 0 spiro atoms. The molecule has 0 amide bonds. The first-order valence-corrected chi connectivity index (χ1v) is 3.34. The van der Waals surface area contributed by atoms with Crippen molar-refractivity contribution in [3.8, 4) is 0 Å². The van der Waals surface area contributed by atoms with E-state index in [4.69, 9.17) is 0 Å². The summed E-state index contributed by atoms with van der Waals surface area (Å²) in [6.45, 7) is 5.36. The third kappa shape index (κ3) is 1.32. The van der Waals surface area contributed by atoms with E-state index in [9.17, 15) is 4.79 Å². The first kappa shape index (κ1) is 7.60. The van der Waals surface area contributed by atoms with Crippen LogP contribution in [-0.4, -0.2) is 10.8 Å². The molecule has 0 saturated carbocycles. The van der Waals surface area contributed by atoms with Crippen molar-refractivity contribution in [2.24, 2.45) is 0 Å². The molecule has 1 aliphatic heterocycles. The summed E-state index contributed by atoms with van der Waals surface area (Å²) < 4.78 is 0. The summed E-state index contributed by atoms with van der Waals surface area (Å²) in [7, 11) is 0. The lowest BCUT2D eigenvalue weighted by Gasteiger charge is -2.23. The lowest BCUT2D eigenvalue weighted by atomic mass is 10.2. The Morgan fingerprint density at radius 3 is 2.91 bits per heavy atom. The van der Waals surface area contributed by atoms with Gasteiger partial charge in [-0.25, -0.2) is 0 Å². The van der Waals surface area contributed by atoms with Crippen molar-refractivity contribution < 1.29 is 4.79 Å². The maximum Gasteiger partial charge on any atom is 0.205 e. The SMILES string of the molecule is C=CN1NC=CC(=O)/C1=C/C. The molecule has 0 fully saturated rings. The maximum absolute atomic E-state index is 11.1. The van der Waals surface area contributed by atoms with Crippen LogP contribution in [0.1, 0.15) is 6.92 Å². The molecule has 3 nitrogen and oxygen atoms in total. The van der Waals surface area contributed by atoms with Gasteiger partial charge in [-0.3, -0.25) is 9.80 Å². The van der Waals surface area contributed by atoms with E-state index in [1.54, 1.807) is 23.5 Å². The Labute approximate surface area is 65.7 Å². The van der Waals surface area contributed by atoms with Crippen LogP contribution in [0.25, 0.3) is 0 Å². The second-order valence-corrected chi connectivity index (χ2v) is 2.05. The van der Waals surface area contributed by atoms with Crippen LogP contribution < -0.4 is 5.43 Å². The van der Waals surface area contributed by atoms with Crippen LogP contribution in [0.2, 0.25) is 0 Å². The van der Waals surface area contributed by atoms with E-state index < -0.39 is 0 Å². The van der Waals surface area contributed by atoms with Crippen molar-refractivity contribution in [2.75, 3.05) is 0 Å². The lowest BCUT2D eigenvalue weighted by molar-refractivity contribution is -0.113. The Morgan fingerprint density at radius 1 is 1.73 bits per heavy atom. The van der Waals surface area contributed by atoms with Gasteiger partial charge in [0.15, 0.2) is 0 Å². The molecule has 1 N–H and O–H groups in total. The maximum atomic E-state index is 11.1. The largest absolute Gasteiger partial charge is 0.301 e. The molecule has 0 saturated heterocycles. The molecule has 0 bridgehead atoms. The van der Waals surface area contributed by atoms with Crippen LogP contribution >= 0.6 is 0 Å². The topological polar surface area (TPSA) is 32.3 Å². The molecule has 0 aromatic carbocycles. The van der Waals surface area contributed by atoms with Gasteiger partial charge in [-0.1, -0.05) is 12.7 Å². The van der Waals surface area contributed by atoms with Gasteiger partial charge in [0, 0.05) is 18.5 Å². The van der Waals surface area contributed by atoms with Crippen molar-refractivity contribution in [3.05, 3.63) is 36.8 Å². The Balaban J connectivity index is 2.94. The fourth-order valence-electron chi connectivity index (χ4n) is 0.899. The minimum absolute atomic E-state index is 0.00819. The van der Waals surface area contributed by atoms with Crippen LogP contribution in [0, 0.1) is 0 Å². The molecule has 1 rings (SSSR count). The number of nitrogens with zero attached hydrogens (tertiary/aromatic N) is 1. The molecule has 0 aromatic heterocycles. The summed E-state index contributed by atoms with van der Waals surface area (Å²) >= 11 is 0. The standard InChI is InChI=1S/C8H10N2O/c1-3-7-8(11)5-6-9-10(7)4-2/h3-6,9H,2H2,1H3/b7-3-. The fourth-order valence-corrected chi connectivity index (χ4v) is 0.899. The number of ketones is 1. The van der Waals surface area contributed by atoms with Gasteiger partial charge in [0.1, 0.15) is 5.70 Å². The number of hydrogen-bond acceptors (Lipinski definition) is 3. The second-order valence-electron chi connectivity index (χ2n) is 2.05. The molecule has 11 heavy (non-hydrogen) atoms. The molecule has 3 heteroatoms. The predicted molar refractivity (Wildman–Crippen MR) is 43.1 cm³/mol. The fraction of sp³-hybridized carbons (Fsp3) is 0.125. The van der Waals surface area contributed by atoms with Crippen LogP contribution in [0.5, 0.6) is 0 Å². The van der Waals surface area contributed by atoms with Gasteiger partial charge in [0.2, 0.25) is 5.78 Å². The number of carbonyl (C=O) groups excluding carboxylic acids is 1. The van der Waals surface area contributed by atoms with Gasteiger partial charge in [-0.15, -0.1) is 0 Å². The van der Waals surface area contributed by atoms with Crippen molar-refractivity contribution >= 4 is 5.78 Å². The van der Waals surface area contributed by atoms with Crippen molar-refractivity contribution in [2.45, 2.75) is 6.92 Å². The van der Waals surface area contributed by atoms with E-state index in [-0.39, 0.29) is 5.78 Å². The summed E-state index contributed by atoms with van der Waals surface area (Å²) in [6, 6.07) is 0. The number of carbonyl (C=O) groups is 1. The molecule has 0 atom stereocenters. The second kappa shape index (κ2) is 3.05. The monoisotopic (exact) mass is 150 g/mol. The van der Waals surface area contributed by atoms with Gasteiger partial charge in [-0.05, 0) is 6.92 Å². The first-order valence-electron chi connectivity index (χ1n) is 3.34. The van der Waals surface area contributed by atoms with Crippen LogP contribution in [0.15, 0.2) is 36.8 Å². The minimum Gasteiger partial charge on any atom is -0.301 e. The number of rotatable bonds is 1. The van der Waals surface area contributed by atoms with Crippen molar-refractivity contribution in [3.63, 3.8) is 0 Å². The molecular weight excluding hydrogens is 140 g/mol. The minimum atomic E-state index is -0.00819. The van der Waals surface area contributed by atoms with E-state index in [0.717, 1.165) is 0 Å². The summed E-state index contributed by atoms with van der Waals surface area (Å²) in [5.74, 6) is -0.00819. The zero-order valence-corrected chi connectivity index (χ0v) is 6.37. The van der Waals surface area contributed by atoms with Gasteiger partial charge >= 0.3 is 0 Å². The van der Waals surface area contributed by atoms with Crippen molar-refractivity contribution in [1.29, 1.82) is 0 Å². The Hall–Kier alpha value is -1.51. The first-order chi connectivity index (χ1) is 5.29. The highest BCUT2D eigenvalue weighted by Crippen LogP contribution is 2.07. The van der Waals surface area contributed by atoms with E-state index in [1.807, 2.05) is 6.92 Å². The molecule has 0 aliphatic carbocycles. The third-order valence-corrected chi connectivity index (χ3v) is 1.42. The van der Waals surface area contributed by atoms with Crippen LogP contribution in [-0.2, 0) is 4.79 Å². The zero-order valence-electron chi connectivity index (χ0n) is 6.37. The molecule has 0 radical (unpaired) electrons. The highest BCUT2D eigenvalue weighted by Gasteiger charge is 2.13. The van der Waals surface area contributed by atoms with Gasteiger partial charge in [-0.2, -0.15) is 0 Å². The summed E-state index contributed by atoms with van der Waals surface area (Å²) in [5.41, 5.74) is 3.45. The van der Waals surface area contributed by atoms with Crippen LogP contribution in [0.3, 0.4) is 0 Å². The van der Waals surface area contributed by atoms with Gasteiger partial charge in [0.05, 0.1) is 0 Å². The number of hydrogen-bond donors (Lipinski definition) is 1. The number of hydrazine groups is 1. The van der Waals surface area contributed by atoms with E-state index in [1.165, 1.54) is 6.08 Å². The third-order valence-electron chi connectivity index (χ3n) is 1.42. The predicted octanol–water partition coefficient (Wildman–Crippen LogP) is 0.937. The quantitative estimate of drug-likeness (QED) is 0.564. The number of allylic oxidation sites excluding steroid dienone is 2. The zero-order chi connectivity index (χ0) is 8.27. The van der Waals surface area contributed by atoms with Crippen LogP contribution in [0.4, 0.5) is 0 Å². The molecule has 1 aliphatic rings. The van der Waals surface area contributed by atoms with Gasteiger partial charge in [0.25, 0.3) is 0 Å². The lowest BCUT2D eigenvalue weighted by Crippen LogP contribution is -2.34. The van der Waals surface area contributed by atoms with E-state index in [0.29, 0.717) is 5.70 Å². The molecule has 0 unspecified atom stereocenters. The number of nitrogens with one attached hydrogen (secondary N) is 1. The molecule has 1 heterocycles. The normalized spacial score (nSPS) is 20.3. The summed E-state index contributed by atoms with van der Waals surface area (Å²) in [4.78, 5) is 11.1. The smallest absolute Gasteiger partial charge is 0.205 e. The Morgan fingerprint density at radius 2 is 2.45 bits per heavy atom. The summed E-state index contributed by atoms with van der Waals surface area (Å²) in [5, 5.41) is 1.57. The average molecular weight is 150 g/mol. The Bertz CT molecular complexity index is 240. The highest BCUT2D eigenvalue weighted by atomic mass is 16.1. The highest BCUT2D eigenvalue weighted by molar-refractivity contribution is 6.04. The molecular formula is C8H10N2O. The Kier molecular flexibility index (Phi) is 2.11. The molecule has 0 aromatic rings. The molecule has 58 valence electrons. The van der Waals surface area contributed by atoms with Crippen molar-refractivity contribution in [1.82, 2.24) is 10.4 Å². The van der Waals surface area contributed by atoms with E-state index >= 15 is 0 Å². The van der Waals surface area contributed by atoms with E-state index in [2.05, 4.69) is 12.0 Å².